The molecule has 2 fully saturated rings. The van der Waals surface area contributed by atoms with Gasteiger partial charge in [0.15, 0.2) is 0 Å². The van der Waals surface area contributed by atoms with Gasteiger partial charge in [-0.15, -0.1) is 0 Å². The third-order valence-electron chi connectivity index (χ3n) is 6.98. The molecule has 25 heavy (non-hydrogen) atoms. The van der Waals surface area contributed by atoms with Gasteiger partial charge in [-0.3, -0.25) is 0 Å². The molecule has 2 aliphatic rings. The molecule has 1 heteroatoms. The number of hydrogen-bond acceptors (Lipinski definition) is 1. The molecule has 0 spiro atoms. The lowest BCUT2D eigenvalue weighted by Gasteiger charge is -2.37. The average Bonchev–Trinajstić information content (AvgIpc) is 2.68. The summed E-state index contributed by atoms with van der Waals surface area (Å²) in [6, 6.07) is 14.0. The Morgan fingerprint density at radius 1 is 0.720 bits per heavy atom. The molecule has 2 saturated carbocycles. The largest absolute Gasteiger partial charge is 0.381 e. The normalized spacial score (nSPS) is 30.5. The van der Waals surface area contributed by atoms with Crippen LogP contribution in [-0.2, 0) is 4.74 Å². The van der Waals surface area contributed by atoms with Crippen LogP contribution >= 0.6 is 0 Å². The van der Waals surface area contributed by atoms with Crippen LogP contribution in [0, 0.1) is 18.8 Å². The first-order valence-electron chi connectivity index (χ1n) is 10.3. The molecule has 0 N–H and O–H groups in total. The third kappa shape index (κ3) is 3.77. The second-order valence-electron chi connectivity index (χ2n) is 8.49. The summed E-state index contributed by atoms with van der Waals surface area (Å²) in [5.74, 6) is 2.71. The number of hydrogen-bond donors (Lipinski definition) is 0. The monoisotopic (exact) mass is 336 g/mol. The van der Waals surface area contributed by atoms with E-state index < -0.39 is 0 Å². The Labute approximate surface area is 152 Å². The number of benzene rings is 2. The highest BCUT2D eigenvalue weighted by Crippen LogP contribution is 2.43. The first kappa shape index (κ1) is 17.1. The van der Waals surface area contributed by atoms with Gasteiger partial charge in [0.1, 0.15) is 0 Å². The van der Waals surface area contributed by atoms with Gasteiger partial charge in [-0.05, 0) is 92.4 Å². The van der Waals surface area contributed by atoms with E-state index in [0.717, 1.165) is 17.8 Å². The van der Waals surface area contributed by atoms with Crippen molar-refractivity contribution in [3.63, 3.8) is 0 Å². The molecule has 1 nitrogen and oxygen atoms in total. The fourth-order valence-electron chi connectivity index (χ4n) is 5.36. The van der Waals surface area contributed by atoms with Gasteiger partial charge in [-0.25, -0.2) is 0 Å². The van der Waals surface area contributed by atoms with Gasteiger partial charge in [0.05, 0.1) is 6.10 Å². The van der Waals surface area contributed by atoms with Crippen molar-refractivity contribution >= 4 is 10.8 Å². The van der Waals surface area contributed by atoms with Crippen LogP contribution in [0.4, 0.5) is 0 Å². The number of aryl methyl sites for hydroxylation is 1. The molecule has 2 aromatic carbocycles. The molecule has 2 aromatic rings. The average molecular weight is 337 g/mol. The van der Waals surface area contributed by atoms with Crippen LogP contribution in [0.2, 0.25) is 0 Å². The Balaban J connectivity index is 1.38. The molecular weight excluding hydrogens is 304 g/mol. The topological polar surface area (TPSA) is 9.23 Å². The summed E-state index contributed by atoms with van der Waals surface area (Å²) >= 11 is 0. The van der Waals surface area contributed by atoms with E-state index in [1.165, 1.54) is 67.7 Å². The summed E-state index contributed by atoms with van der Waals surface area (Å²) in [5.41, 5.74) is 2.92. The second-order valence-corrected chi connectivity index (χ2v) is 8.49. The summed E-state index contributed by atoms with van der Waals surface area (Å²) in [6.45, 7) is 2.18. The van der Waals surface area contributed by atoms with E-state index in [9.17, 15) is 0 Å². The van der Waals surface area contributed by atoms with Crippen LogP contribution in [0.3, 0.4) is 0 Å². The van der Waals surface area contributed by atoms with Gasteiger partial charge in [-0.2, -0.15) is 0 Å². The van der Waals surface area contributed by atoms with Crippen LogP contribution < -0.4 is 0 Å². The molecule has 134 valence electrons. The molecule has 2 aliphatic carbocycles. The van der Waals surface area contributed by atoms with Gasteiger partial charge in [-0.1, -0.05) is 42.0 Å². The summed E-state index contributed by atoms with van der Waals surface area (Å²) < 4.78 is 5.54. The fourth-order valence-corrected chi connectivity index (χ4v) is 5.36. The van der Waals surface area contributed by atoms with Crippen LogP contribution in [0.5, 0.6) is 0 Å². The molecular formula is C24H32O. The van der Waals surface area contributed by atoms with Crippen molar-refractivity contribution in [1.29, 1.82) is 0 Å². The molecule has 0 amide bonds. The molecule has 0 atom stereocenters. The van der Waals surface area contributed by atoms with Gasteiger partial charge in [0.2, 0.25) is 0 Å². The number of fused-ring (bicyclic) bond motifs is 1. The fraction of sp³-hybridized carbons (Fsp3) is 0.583. The van der Waals surface area contributed by atoms with Crippen molar-refractivity contribution < 1.29 is 4.74 Å². The minimum atomic E-state index is 0.536. The highest BCUT2D eigenvalue weighted by molar-refractivity contribution is 5.83. The van der Waals surface area contributed by atoms with Crippen molar-refractivity contribution in [1.82, 2.24) is 0 Å². The Morgan fingerprint density at radius 2 is 1.32 bits per heavy atom. The molecule has 4 rings (SSSR count). The Morgan fingerprint density at radius 3 is 2.00 bits per heavy atom. The quantitative estimate of drug-likeness (QED) is 0.611. The van der Waals surface area contributed by atoms with Gasteiger partial charge < -0.3 is 4.74 Å². The van der Waals surface area contributed by atoms with E-state index in [4.69, 9.17) is 4.74 Å². The van der Waals surface area contributed by atoms with E-state index in [1.54, 1.807) is 5.56 Å². The highest BCUT2D eigenvalue weighted by Gasteiger charge is 2.31. The summed E-state index contributed by atoms with van der Waals surface area (Å²) in [6.07, 6.45) is 11.5. The summed E-state index contributed by atoms with van der Waals surface area (Å²) in [5, 5.41) is 2.79. The zero-order chi connectivity index (χ0) is 17.2. The first-order valence-corrected chi connectivity index (χ1v) is 10.3. The van der Waals surface area contributed by atoms with Crippen molar-refractivity contribution in [3.05, 3.63) is 47.5 Å². The van der Waals surface area contributed by atoms with E-state index in [0.29, 0.717) is 6.10 Å². The standard InChI is InChI=1S/C24H32O/c1-17-3-4-23-16-22(10-9-21(23)15-17)20-7-5-18(6-8-20)19-11-13-24(25-2)14-12-19/h3-4,9-10,15-16,18-20,24H,5-8,11-14H2,1-2H3. The van der Waals surface area contributed by atoms with E-state index in [1.807, 2.05) is 7.11 Å². The molecule has 0 saturated heterocycles. The Hall–Kier alpha value is -1.34. The third-order valence-corrected chi connectivity index (χ3v) is 6.98. The van der Waals surface area contributed by atoms with E-state index in [-0.39, 0.29) is 0 Å². The molecule has 0 unspecified atom stereocenters. The van der Waals surface area contributed by atoms with Gasteiger partial charge in [0.25, 0.3) is 0 Å². The maximum Gasteiger partial charge on any atom is 0.0571 e. The molecule has 0 aromatic heterocycles. The van der Waals surface area contributed by atoms with Crippen LogP contribution in [-0.4, -0.2) is 13.2 Å². The van der Waals surface area contributed by atoms with E-state index >= 15 is 0 Å². The van der Waals surface area contributed by atoms with Crippen molar-refractivity contribution in [2.45, 2.75) is 70.3 Å². The zero-order valence-corrected chi connectivity index (χ0v) is 15.8. The summed E-state index contributed by atoms with van der Waals surface area (Å²) in [7, 11) is 1.88. The molecule has 0 bridgehead atoms. The van der Waals surface area contributed by atoms with Crippen molar-refractivity contribution in [3.8, 4) is 0 Å². The zero-order valence-electron chi connectivity index (χ0n) is 15.8. The molecule has 0 heterocycles. The van der Waals surface area contributed by atoms with Gasteiger partial charge >= 0.3 is 0 Å². The lowest BCUT2D eigenvalue weighted by molar-refractivity contribution is 0.0410. The maximum absolute atomic E-state index is 5.54. The first-order chi connectivity index (χ1) is 12.2. The van der Waals surface area contributed by atoms with Gasteiger partial charge in [0, 0.05) is 7.11 Å². The Bertz CT molecular complexity index is 703. The SMILES string of the molecule is COC1CCC(C2CCC(c3ccc4cc(C)ccc4c3)CC2)CC1. The van der Waals surface area contributed by atoms with Crippen LogP contribution in [0.25, 0.3) is 10.8 Å². The predicted octanol–water partition coefficient (Wildman–Crippen LogP) is 6.63. The minimum absolute atomic E-state index is 0.536. The highest BCUT2D eigenvalue weighted by atomic mass is 16.5. The maximum atomic E-state index is 5.54. The summed E-state index contributed by atoms with van der Waals surface area (Å²) in [4.78, 5) is 0. The Kier molecular flexibility index (Phi) is 5.12. The smallest absolute Gasteiger partial charge is 0.0571 e. The number of ether oxygens (including phenoxy) is 1. The number of methoxy groups -OCH3 is 1. The van der Waals surface area contributed by atoms with Crippen LogP contribution in [0.1, 0.15) is 68.4 Å². The molecule has 0 radical (unpaired) electrons. The lowest BCUT2D eigenvalue weighted by Crippen LogP contribution is -2.27. The van der Waals surface area contributed by atoms with Crippen molar-refractivity contribution in [2.75, 3.05) is 7.11 Å². The van der Waals surface area contributed by atoms with Crippen LogP contribution in [0.15, 0.2) is 36.4 Å². The minimum Gasteiger partial charge on any atom is -0.381 e. The number of rotatable bonds is 3. The second kappa shape index (κ2) is 7.50. The molecule has 0 aliphatic heterocycles. The van der Waals surface area contributed by atoms with Crippen molar-refractivity contribution in [2.24, 2.45) is 11.8 Å². The predicted molar refractivity (Wildman–Crippen MR) is 106 cm³/mol. The lowest BCUT2D eigenvalue weighted by atomic mass is 9.69. The van der Waals surface area contributed by atoms with E-state index in [2.05, 4.69) is 43.3 Å².